The minimum Gasteiger partial charge on any atom is -0.481 e. The SMILES string of the molecule is Cn1cc(NC(=O)C2C3CCC(C3)C2C(=O)O)cn1. The number of amides is 1. The van der Waals surface area contributed by atoms with E-state index in [1.807, 2.05) is 0 Å². The number of rotatable bonds is 3. The Morgan fingerprint density at radius 1 is 1.37 bits per heavy atom. The lowest BCUT2D eigenvalue weighted by molar-refractivity contribution is -0.148. The molecule has 3 rings (SSSR count). The van der Waals surface area contributed by atoms with Crippen LogP contribution in [0.1, 0.15) is 19.3 Å². The maximum atomic E-state index is 12.3. The van der Waals surface area contributed by atoms with E-state index in [1.54, 1.807) is 24.1 Å². The van der Waals surface area contributed by atoms with E-state index >= 15 is 0 Å². The highest BCUT2D eigenvalue weighted by Crippen LogP contribution is 2.52. The molecule has 6 heteroatoms. The van der Waals surface area contributed by atoms with Crippen molar-refractivity contribution >= 4 is 17.6 Å². The first-order valence-electron chi connectivity index (χ1n) is 6.58. The van der Waals surface area contributed by atoms with Crippen molar-refractivity contribution in [3.63, 3.8) is 0 Å². The van der Waals surface area contributed by atoms with Crippen LogP contribution in [-0.2, 0) is 16.6 Å². The third-order valence-electron chi connectivity index (χ3n) is 4.48. The molecular formula is C13H17N3O3. The molecule has 102 valence electrons. The summed E-state index contributed by atoms with van der Waals surface area (Å²) in [6.07, 6.45) is 6.07. The predicted octanol–water partition coefficient (Wildman–Crippen LogP) is 1.11. The number of anilines is 1. The van der Waals surface area contributed by atoms with Crippen LogP contribution in [0.25, 0.3) is 0 Å². The van der Waals surface area contributed by atoms with Crippen LogP contribution in [0.5, 0.6) is 0 Å². The molecule has 0 spiro atoms. The number of aromatic nitrogens is 2. The van der Waals surface area contributed by atoms with E-state index in [-0.39, 0.29) is 17.7 Å². The summed E-state index contributed by atoms with van der Waals surface area (Å²) in [5.41, 5.74) is 0.624. The summed E-state index contributed by atoms with van der Waals surface area (Å²) in [6, 6.07) is 0. The van der Waals surface area contributed by atoms with Crippen LogP contribution < -0.4 is 5.32 Å². The highest BCUT2D eigenvalue weighted by Gasteiger charge is 2.53. The highest BCUT2D eigenvalue weighted by atomic mass is 16.4. The van der Waals surface area contributed by atoms with Crippen molar-refractivity contribution in [2.75, 3.05) is 5.32 Å². The molecule has 0 radical (unpaired) electrons. The third-order valence-corrected chi connectivity index (χ3v) is 4.48. The Morgan fingerprint density at radius 3 is 2.63 bits per heavy atom. The summed E-state index contributed by atoms with van der Waals surface area (Å²) in [5, 5.41) is 16.1. The quantitative estimate of drug-likeness (QED) is 0.855. The van der Waals surface area contributed by atoms with Crippen LogP contribution in [0.15, 0.2) is 12.4 Å². The van der Waals surface area contributed by atoms with Gasteiger partial charge in [-0.2, -0.15) is 5.10 Å². The topological polar surface area (TPSA) is 84.2 Å². The average molecular weight is 263 g/mol. The Hall–Kier alpha value is -1.85. The van der Waals surface area contributed by atoms with E-state index in [0.717, 1.165) is 19.3 Å². The normalized spacial score (nSPS) is 32.5. The second-order valence-corrected chi connectivity index (χ2v) is 5.61. The van der Waals surface area contributed by atoms with Crippen molar-refractivity contribution < 1.29 is 14.7 Å². The van der Waals surface area contributed by atoms with E-state index in [2.05, 4.69) is 10.4 Å². The molecule has 2 aliphatic carbocycles. The summed E-state index contributed by atoms with van der Waals surface area (Å²) in [5.74, 6) is -1.52. The van der Waals surface area contributed by atoms with Gasteiger partial charge in [0.25, 0.3) is 0 Å². The molecule has 0 aliphatic heterocycles. The number of hydrogen-bond acceptors (Lipinski definition) is 3. The number of carbonyl (C=O) groups is 2. The fourth-order valence-electron chi connectivity index (χ4n) is 3.74. The van der Waals surface area contributed by atoms with Gasteiger partial charge in [-0.05, 0) is 31.1 Å². The summed E-state index contributed by atoms with van der Waals surface area (Å²) in [7, 11) is 1.77. The molecule has 2 aliphatic rings. The molecule has 6 nitrogen and oxygen atoms in total. The van der Waals surface area contributed by atoms with Crippen molar-refractivity contribution in [3.05, 3.63) is 12.4 Å². The minimum atomic E-state index is -0.835. The molecular weight excluding hydrogens is 246 g/mol. The van der Waals surface area contributed by atoms with E-state index in [0.29, 0.717) is 5.69 Å². The first-order chi connectivity index (χ1) is 9.06. The number of nitrogens with zero attached hydrogens (tertiary/aromatic N) is 2. The number of aliphatic carboxylic acids is 1. The molecule has 1 amide bonds. The number of carbonyl (C=O) groups excluding carboxylic acids is 1. The van der Waals surface area contributed by atoms with Gasteiger partial charge in [0.05, 0.1) is 23.7 Å². The number of nitrogens with one attached hydrogen (secondary N) is 1. The highest BCUT2D eigenvalue weighted by molar-refractivity contribution is 5.95. The molecule has 4 unspecified atom stereocenters. The number of carboxylic acid groups (broad SMARTS) is 1. The van der Waals surface area contributed by atoms with Crippen LogP contribution in [0.4, 0.5) is 5.69 Å². The fourth-order valence-corrected chi connectivity index (χ4v) is 3.74. The standard InChI is InChI=1S/C13H17N3O3/c1-16-6-9(5-14-16)15-12(17)10-7-2-3-8(4-7)11(10)13(18)19/h5-8,10-11H,2-4H2,1H3,(H,15,17)(H,18,19). The molecule has 2 saturated carbocycles. The largest absolute Gasteiger partial charge is 0.481 e. The van der Waals surface area contributed by atoms with Crippen molar-refractivity contribution in [2.45, 2.75) is 19.3 Å². The Morgan fingerprint density at radius 2 is 2.05 bits per heavy atom. The van der Waals surface area contributed by atoms with E-state index in [1.165, 1.54) is 0 Å². The van der Waals surface area contributed by atoms with Gasteiger partial charge in [0, 0.05) is 13.2 Å². The van der Waals surface area contributed by atoms with Crippen molar-refractivity contribution in [1.82, 2.24) is 9.78 Å². The van der Waals surface area contributed by atoms with Crippen molar-refractivity contribution in [3.8, 4) is 0 Å². The zero-order valence-corrected chi connectivity index (χ0v) is 10.7. The van der Waals surface area contributed by atoms with Gasteiger partial charge in [0.15, 0.2) is 0 Å². The average Bonchev–Trinajstić information content (AvgIpc) is 3.03. The first kappa shape index (κ1) is 12.2. The summed E-state index contributed by atoms with van der Waals surface area (Å²) in [4.78, 5) is 23.7. The zero-order valence-electron chi connectivity index (χ0n) is 10.7. The maximum absolute atomic E-state index is 12.3. The molecule has 1 aromatic heterocycles. The van der Waals surface area contributed by atoms with E-state index in [9.17, 15) is 14.7 Å². The lowest BCUT2D eigenvalue weighted by Gasteiger charge is -2.26. The summed E-state index contributed by atoms with van der Waals surface area (Å²) < 4.78 is 1.60. The van der Waals surface area contributed by atoms with E-state index in [4.69, 9.17) is 0 Å². The summed E-state index contributed by atoms with van der Waals surface area (Å²) >= 11 is 0. The van der Waals surface area contributed by atoms with Crippen LogP contribution in [0.2, 0.25) is 0 Å². The zero-order chi connectivity index (χ0) is 13.6. The first-order valence-corrected chi connectivity index (χ1v) is 6.58. The Kier molecular flexibility index (Phi) is 2.80. The minimum absolute atomic E-state index is 0.173. The van der Waals surface area contributed by atoms with Gasteiger partial charge < -0.3 is 10.4 Å². The number of carboxylic acids is 1. The van der Waals surface area contributed by atoms with Gasteiger partial charge in [-0.15, -0.1) is 0 Å². The van der Waals surface area contributed by atoms with Crippen molar-refractivity contribution in [1.29, 1.82) is 0 Å². The fraction of sp³-hybridized carbons (Fsp3) is 0.615. The number of aryl methyl sites for hydroxylation is 1. The molecule has 0 saturated heterocycles. The van der Waals surface area contributed by atoms with Gasteiger partial charge in [-0.25, -0.2) is 0 Å². The van der Waals surface area contributed by atoms with Crippen molar-refractivity contribution in [2.24, 2.45) is 30.7 Å². The van der Waals surface area contributed by atoms with Gasteiger partial charge in [0.1, 0.15) is 0 Å². The molecule has 1 aromatic rings. The lowest BCUT2D eigenvalue weighted by atomic mass is 9.78. The second kappa shape index (κ2) is 4.36. The van der Waals surface area contributed by atoms with Gasteiger partial charge in [0.2, 0.25) is 5.91 Å². The molecule has 0 aromatic carbocycles. The van der Waals surface area contributed by atoms with Crippen LogP contribution >= 0.6 is 0 Å². The van der Waals surface area contributed by atoms with E-state index < -0.39 is 17.8 Å². The predicted molar refractivity (Wildman–Crippen MR) is 67.3 cm³/mol. The monoisotopic (exact) mass is 263 g/mol. The lowest BCUT2D eigenvalue weighted by Crippen LogP contribution is -2.37. The maximum Gasteiger partial charge on any atom is 0.307 e. The molecule has 1 heterocycles. The number of hydrogen-bond donors (Lipinski definition) is 2. The molecule has 2 N–H and O–H groups in total. The molecule has 4 atom stereocenters. The smallest absolute Gasteiger partial charge is 0.307 e. The second-order valence-electron chi connectivity index (χ2n) is 5.61. The third kappa shape index (κ3) is 2.01. The van der Waals surface area contributed by atoms with Gasteiger partial charge in [-0.1, -0.05) is 0 Å². The van der Waals surface area contributed by atoms with Crippen LogP contribution in [0.3, 0.4) is 0 Å². The Bertz CT molecular complexity index is 525. The van der Waals surface area contributed by atoms with Gasteiger partial charge in [-0.3, -0.25) is 14.3 Å². The molecule has 2 bridgehead atoms. The van der Waals surface area contributed by atoms with Crippen LogP contribution in [0, 0.1) is 23.7 Å². The molecule has 19 heavy (non-hydrogen) atoms. The van der Waals surface area contributed by atoms with Gasteiger partial charge >= 0.3 is 5.97 Å². The molecule has 2 fully saturated rings. The Labute approximate surface area is 110 Å². The van der Waals surface area contributed by atoms with Crippen LogP contribution in [-0.4, -0.2) is 26.8 Å². The number of fused-ring (bicyclic) bond motifs is 2. The Balaban J connectivity index is 1.77. The summed E-state index contributed by atoms with van der Waals surface area (Å²) in [6.45, 7) is 0.